The first-order valence-electron chi connectivity index (χ1n) is 27.9. The molecule has 0 spiro atoms. The molecule has 0 rings (SSSR count). The molecule has 0 bridgehead atoms. The van der Waals surface area contributed by atoms with Crippen molar-refractivity contribution in [2.45, 2.75) is 277 Å². The van der Waals surface area contributed by atoms with E-state index >= 15 is 0 Å². The predicted octanol–water partition coefficient (Wildman–Crippen LogP) is 16.0. The standard InChI is InChI=1S/C56H103O11P/c1-4-7-10-13-16-19-22-23-24-25-26-27-28-29-32-35-38-41-44-47-56(60)67-53(49-63-54(58)45-42-39-36-33-30-20-17-14-11-8-5-2)51-65-68(61,62)64-50-52(48-57)66-55(59)46-43-40-37-34-31-21-18-15-12-9-6-3/h14,16-17,19,23-24,52-53,57H,4-13,15,18,20-22,25-51H2,1-3H3,(H,61,62)/b17-14-,19-16-,24-23-. The first-order chi connectivity index (χ1) is 33.2. The smallest absolute Gasteiger partial charge is 0.462 e. The van der Waals surface area contributed by atoms with E-state index in [2.05, 4.69) is 57.2 Å². The number of rotatable bonds is 52. The number of unbranched alkanes of at least 4 members (excludes halogenated alkanes) is 29. The minimum absolute atomic E-state index is 0.164. The lowest BCUT2D eigenvalue weighted by molar-refractivity contribution is -0.161. The first-order valence-corrected chi connectivity index (χ1v) is 29.4. The molecular formula is C56H103O11P. The van der Waals surface area contributed by atoms with Crippen LogP contribution < -0.4 is 0 Å². The number of aliphatic hydroxyl groups is 1. The van der Waals surface area contributed by atoms with Crippen LogP contribution in [0.25, 0.3) is 0 Å². The highest BCUT2D eigenvalue weighted by molar-refractivity contribution is 7.47. The van der Waals surface area contributed by atoms with Gasteiger partial charge in [-0.25, -0.2) is 4.57 Å². The molecule has 0 fully saturated rings. The summed E-state index contributed by atoms with van der Waals surface area (Å²) in [5, 5.41) is 9.77. The summed E-state index contributed by atoms with van der Waals surface area (Å²) in [7, 11) is -4.74. The largest absolute Gasteiger partial charge is 0.472 e. The van der Waals surface area contributed by atoms with Crippen molar-refractivity contribution in [2.24, 2.45) is 0 Å². The van der Waals surface area contributed by atoms with Crippen LogP contribution in [0.15, 0.2) is 36.5 Å². The van der Waals surface area contributed by atoms with Gasteiger partial charge in [-0.05, 0) is 70.6 Å². The van der Waals surface area contributed by atoms with E-state index in [9.17, 15) is 28.9 Å². The normalized spacial score (nSPS) is 13.7. The summed E-state index contributed by atoms with van der Waals surface area (Å²) >= 11 is 0. The van der Waals surface area contributed by atoms with Crippen LogP contribution >= 0.6 is 7.82 Å². The van der Waals surface area contributed by atoms with Gasteiger partial charge in [0.15, 0.2) is 6.10 Å². The number of carbonyl (C=O) groups excluding carboxylic acids is 3. The number of esters is 3. The van der Waals surface area contributed by atoms with Crippen molar-refractivity contribution in [1.29, 1.82) is 0 Å². The molecule has 0 aliphatic rings. The van der Waals surface area contributed by atoms with Crippen LogP contribution in [0.3, 0.4) is 0 Å². The molecule has 0 amide bonds. The van der Waals surface area contributed by atoms with E-state index in [4.69, 9.17) is 23.3 Å². The zero-order valence-corrected chi connectivity index (χ0v) is 44.7. The summed E-state index contributed by atoms with van der Waals surface area (Å²) < 4.78 is 39.4. The highest BCUT2D eigenvalue weighted by Gasteiger charge is 2.28. The summed E-state index contributed by atoms with van der Waals surface area (Å²) in [6.45, 7) is 4.58. The summed E-state index contributed by atoms with van der Waals surface area (Å²) in [5.74, 6) is -1.47. The monoisotopic (exact) mass is 983 g/mol. The van der Waals surface area contributed by atoms with Crippen LogP contribution in [0.4, 0.5) is 0 Å². The summed E-state index contributed by atoms with van der Waals surface area (Å²) in [5.41, 5.74) is 0. The first kappa shape index (κ1) is 65.7. The van der Waals surface area contributed by atoms with Gasteiger partial charge in [0, 0.05) is 19.3 Å². The van der Waals surface area contributed by atoms with Crippen molar-refractivity contribution in [2.75, 3.05) is 26.4 Å². The van der Waals surface area contributed by atoms with Gasteiger partial charge in [-0.3, -0.25) is 23.4 Å². The number of hydrogen-bond acceptors (Lipinski definition) is 10. The topological polar surface area (TPSA) is 155 Å². The third-order valence-corrected chi connectivity index (χ3v) is 13.0. The molecule has 11 nitrogen and oxygen atoms in total. The summed E-state index contributed by atoms with van der Waals surface area (Å²) in [4.78, 5) is 48.3. The lowest BCUT2D eigenvalue weighted by Crippen LogP contribution is -2.30. The minimum Gasteiger partial charge on any atom is -0.462 e. The third-order valence-electron chi connectivity index (χ3n) is 12.0. The Hall–Kier alpha value is -2.30. The van der Waals surface area contributed by atoms with Crippen LogP contribution in [0.5, 0.6) is 0 Å². The fourth-order valence-electron chi connectivity index (χ4n) is 7.72. The molecule has 0 aromatic heterocycles. The maximum Gasteiger partial charge on any atom is 0.472 e. The zero-order chi connectivity index (χ0) is 49.9. The van der Waals surface area contributed by atoms with Crippen molar-refractivity contribution in [3.63, 3.8) is 0 Å². The Labute approximate surface area is 416 Å². The predicted molar refractivity (Wildman–Crippen MR) is 279 cm³/mol. The van der Waals surface area contributed by atoms with E-state index in [1.807, 2.05) is 0 Å². The van der Waals surface area contributed by atoms with E-state index in [1.54, 1.807) is 0 Å². The van der Waals surface area contributed by atoms with E-state index in [0.29, 0.717) is 19.3 Å². The molecule has 0 saturated heterocycles. The van der Waals surface area contributed by atoms with Crippen LogP contribution in [-0.2, 0) is 42.2 Å². The van der Waals surface area contributed by atoms with Gasteiger partial charge < -0.3 is 24.2 Å². The molecule has 398 valence electrons. The molecule has 0 radical (unpaired) electrons. The molecule has 3 atom stereocenters. The molecule has 12 heteroatoms. The summed E-state index contributed by atoms with van der Waals surface area (Å²) in [6.07, 6.45) is 51.1. The fourth-order valence-corrected chi connectivity index (χ4v) is 8.50. The molecule has 0 aliphatic carbocycles. The maximum absolute atomic E-state index is 12.9. The average molecular weight is 983 g/mol. The Bertz CT molecular complexity index is 1280. The average Bonchev–Trinajstić information content (AvgIpc) is 3.32. The second kappa shape index (κ2) is 51.1. The van der Waals surface area contributed by atoms with Crippen molar-refractivity contribution in [3.05, 3.63) is 36.5 Å². The van der Waals surface area contributed by atoms with Crippen molar-refractivity contribution < 1.29 is 52.2 Å². The van der Waals surface area contributed by atoms with Gasteiger partial charge in [-0.15, -0.1) is 0 Å². The number of carbonyl (C=O) groups is 3. The zero-order valence-electron chi connectivity index (χ0n) is 43.8. The molecule has 0 aromatic carbocycles. The lowest BCUT2D eigenvalue weighted by atomic mass is 10.1. The van der Waals surface area contributed by atoms with Gasteiger partial charge in [0.25, 0.3) is 0 Å². The summed E-state index contributed by atoms with van der Waals surface area (Å²) in [6, 6.07) is 0. The van der Waals surface area contributed by atoms with E-state index < -0.39 is 57.8 Å². The molecule has 0 saturated carbocycles. The quantitative estimate of drug-likeness (QED) is 0.0197. The number of hydrogen-bond donors (Lipinski definition) is 2. The van der Waals surface area contributed by atoms with Gasteiger partial charge in [-0.1, -0.05) is 211 Å². The van der Waals surface area contributed by atoms with Crippen molar-refractivity contribution in [3.8, 4) is 0 Å². The second-order valence-electron chi connectivity index (χ2n) is 18.7. The molecule has 0 aliphatic heterocycles. The van der Waals surface area contributed by atoms with Gasteiger partial charge in [0.05, 0.1) is 19.8 Å². The van der Waals surface area contributed by atoms with Crippen LogP contribution in [0.2, 0.25) is 0 Å². The van der Waals surface area contributed by atoms with Crippen LogP contribution in [0.1, 0.15) is 265 Å². The Morgan fingerprint density at radius 2 is 0.735 bits per heavy atom. The van der Waals surface area contributed by atoms with Gasteiger partial charge in [0.2, 0.25) is 0 Å². The molecular weight excluding hydrogens is 880 g/mol. The number of phosphoric acid groups is 1. The number of allylic oxidation sites excluding steroid dienone is 6. The number of phosphoric ester groups is 1. The number of ether oxygens (including phenoxy) is 3. The van der Waals surface area contributed by atoms with Gasteiger partial charge in [-0.2, -0.15) is 0 Å². The Morgan fingerprint density at radius 1 is 0.412 bits per heavy atom. The minimum atomic E-state index is -4.74. The van der Waals surface area contributed by atoms with Gasteiger partial charge in [0.1, 0.15) is 12.7 Å². The van der Waals surface area contributed by atoms with E-state index in [1.165, 1.54) is 116 Å². The molecule has 0 heterocycles. The van der Waals surface area contributed by atoms with Crippen molar-refractivity contribution in [1.82, 2.24) is 0 Å². The highest BCUT2D eigenvalue weighted by Crippen LogP contribution is 2.43. The van der Waals surface area contributed by atoms with Crippen molar-refractivity contribution >= 4 is 25.7 Å². The van der Waals surface area contributed by atoms with E-state index in [-0.39, 0.29) is 25.9 Å². The Morgan fingerprint density at radius 3 is 1.18 bits per heavy atom. The fraction of sp³-hybridized carbons (Fsp3) is 0.839. The Balaban J connectivity index is 4.68. The third kappa shape index (κ3) is 48.7. The van der Waals surface area contributed by atoms with Crippen LogP contribution in [-0.4, -0.2) is 66.5 Å². The van der Waals surface area contributed by atoms with Crippen LogP contribution in [0, 0.1) is 0 Å². The maximum atomic E-state index is 12.9. The Kier molecular flexibility index (Phi) is 49.3. The van der Waals surface area contributed by atoms with E-state index in [0.717, 1.165) is 89.9 Å². The molecule has 2 N–H and O–H groups in total. The second-order valence-corrected chi connectivity index (χ2v) is 20.2. The molecule has 3 unspecified atom stereocenters. The SMILES string of the molecule is CCCC/C=C\CCCCCCCC(=O)OCC(COP(=O)(O)OCC(CO)OC(=O)CCCCCCCCCCCCC)OC(=O)CCCCCCCCCCC/C=C\C/C=C\CCCCC. The molecule has 68 heavy (non-hydrogen) atoms. The lowest BCUT2D eigenvalue weighted by Gasteiger charge is -2.21. The highest BCUT2D eigenvalue weighted by atomic mass is 31.2. The molecule has 0 aromatic rings. The van der Waals surface area contributed by atoms with Gasteiger partial charge >= 0.3 is 25.7 Å². The number of aliphatic hydroxyl groups excluding tert-OH is 1.